The predicted octanol–water partition coefficient (Wildman–Crippen LogP) is 1.91. The van der Waals surface area contributed by atoms with Gasteiger partial charge in [-0.15, -0.1) is 0 Å². The second kappa shape index (κ2) is 8.12. The van der Waals surface area contributed by atoms with Crippen LogP contribution in [0.25, 0.3) is 0 Å². The number of nitrogens with one attached hydrogen (secondary N) is 1. The normalized spacial score (nSPS) is 16.4. The van der Waals surface area contributed by atoms with Crippen LogP contribution in [0.2, 0.25) is 0 Å². The van der Waals surface area contributed by atoms with Crippen LogP contribution >= 0.6 is 0 Å². The van der Waals surface area contributed by atoms with E-state index in [4.69, 9.17) is 0 Å². The first-order valence-electron chi connectivity index (χ1n) is 8.99. The van der Waals surface area contributed by atoms with Gasteiger partial charge in [0.05, 0.1) is 36.9 Å². The summed E-state index contributed by atoms with van der Waals surface area (Å²) in [5.74, 6) is 0.376. The first-order valence-corrected chi connectivity index (χ1v) is 8.99. The smallest absolute Gasteiger partial charge is 0.223 e. The molecule has 26 heavy (non-hydrogen) atoms. The molecular weight excluding hydrogens is 330 g/mol. The average molecular weight is 355 g/mol. The number of hydrogen-bond donors (Lipinski definition) is 1. The minimum absolute atomic E-state index is 0.0692. The maximum Gasteiger partial charge on any atom is 0.223 e. The summed E-state index contributed by atoms with van der Waals surface area (Å²) in [7, 11) is 0. The lowest BCUT2D eigenvalue weighted by atomic mass is 10.1. The fraction of sp³-hybridized carbons (Fsp3) is 0.474. The molecule has 2 aromatic heterocycles. The van der Waals surface area contributed by atoms with Crippen molar-refractivity contribution in [3.8, 4) is 0 Å². The third-order valence-electron chi connectivity index (χ3n) is 4.43. The molecule has 0 bridgehead atoms. The van der Waals surface area contributed by atoms with Crippen molar-refractivity contribution in [3.05, 3.63) is 48.0 Å². The molecule has 0 fully saturated rings. The van der Waals surface area contributed by atoms with Crippen molar-refractivity contribution in [3.63, 3.8) is 0 Å². The predicted molar refractivity (Wildman–Crippen MR) is 96.8 cm³/mol. The van der Waals surface area contributed by atoms with Gasteiger partial charge < -0.3 is 10.2 Å². The van der Waals surface area contributed by atoms with E-state index in [0.29, 0.717) is 32.0 Å². The van der Waals surface area contributed by atoms with Crippen molar-refractivity contribution in [2.24, 2.45) is 5.92 Å². The third-order valence-corrected chi connectivity index (χ3v) is 4.43. The summed E-state index contributed by atoms with van der Waals surface area (Å²) >= 11 is 0. The Bertz CT molecular complexity index is 756. The van der Waals surface area contributed by atoms with E-state index in [0.717, 1.165) is 11.4 Å². The molecule has 0 radical (unpaired) electrons. The molecule has 138 valence electrons. The summed E-state index contributed by atoms with van der Waals surface area (Å²) in [5, 5.41) is 7.25. The Balaban J connectivity index is 1.62. The summed E-state index contributed by atoms with van der Waals surface area (Å²) in [5.41, 5.74) is 1.79. The Hall–Kier alpha value is -2.70. The zero-order valence-corrected chi connectivity index (χ0v) is 15.3. The van der Waals surface area contributed by atoms with Gasteiger partial charge in [-0.2, -0.15) is 5.10 Å². The molecule has 0 aromatic carbocycles. The second-order valence-electron chi connectivity index (χ2n) is 7.10. The standard InChI is InChI=1S/C19H25N5O2/c1-14(2)9-19(26)23-12-16-6-8-22-24(16)17(13-23)10-18(25)21-11-15-5-3-4-7-20-15/h3-8,14,17H,9-13H2,1-2H3,(H,21,25). The van der Waals surface area contributed by atoms with E-state index in [1.807, 2.05) is 47.7 Å². The zero-order chi connectivity index (χ0) is 18.5. The fourth-order valence-electron chi connectivity index (χ4n) is 3.18. The zero-order valence-electron chi connectivity index (χ0n) is 15.3. The van der Waals surface area contributed by atoms with Crippen LogP contribution in [0, 0.1) is 5.92 Å². The van der Waals surface area contributed by atoms with Crippen LogP contribution in [-0.2, 0) is 22.7 Å². The van der Waals surface area contributed by atoms with Crippen molar-refractivity contribution < 1.29 is 9.59 Å². The van der Waals surface area contributed by atoms with Crippen LogP contribution in [0.5, 0.6) is 0 Å². The van der Waals surface area contributed by atoms with E-state index < -0.39 is 0 Å². The van der Waals surface area contributed by atoms with Crippen LogP contribution in [-0.4, -0.2) is 38.0 Å². The highest BCUT2D eigenvalue weighted by molar-refractivity contribution is 5.78. The molecule has 0 saturated heterocycles. The fourth-order valence-corrected chi connectivity index (χ4v) is 3.18. The number of carbonyl (C=O) groups excluding carboxylic acids is 2. The number of carbonyl (C=O) groups is 2. The minimum atomic E-state index is -0.145. The van der Waals surface area contributed by atoms with Crippen molar-refractivity contribution in [2.75, 3.05) is 6.54 Å². The van der Waals surface area contributed by atoms with E-state index in [-0.39, 0.29) is 24.3 Å². The molecule has 1 unspecified atom stereocenters. The molecule has 2 amide bonds. The van der Waals surface area contributed by atoms with Gasteiger partial charge in [-0.3, -0.25) is 19.3 Å². The molecule has 0 aliphatic carbocycles. The van der Waals surface area contributed by atoms with Gasteiger partial charge in [0.25, 0.3) is 0 Å². The molecule has 0 spiro atoms. The molecule has 1 aliphatic heterocycles. The van der Waals surface area contributed by atoms with Gasteiger partial charge in [0.1, 0.15) is 0 Å². The lowest BCUT2D eigenvalue weighted by Gasteiger charge is -2.34. The molecule has 3 rings (SSSR count). The Kier molecular flexibility index (Phi) is 5.65. The first kappa shape index (κ1) is 18.1. The molecule has 2 aromatic rings. The Labute approximate surface area is 153 Å². The minimum Gasteiger partial charge on any atom is -0.350 e. The van der Waals surface area contributed by atoms with E-state index in [9.17, 15) is 9.59 Å². The highest BCUT2D eigenvalue weighted by Gasteiger charge is 2.30. The second-order valence-corrected chi connectivity index (χ2v) is 7.10. The number of amides is 2. The molecule has 0 saturated carbocycles. The van der Waals surface area contributed by atoms with E-state index in [2.05, 4.69) is 15.4 Å². The molecule has 1 aliphatic rings. The Morgan fingerprint density at radius 1 is 1.27 bits per heavy atom. The highest BCUT2D eigenvalue weighted by atomic mass is 16.2. The average Bonchev–Trinajstić information content (AvgIpc) is 3.09. The maximum atomic E-state index is 12.5. The molecule has 3 heterocycles. The van der Waals surface area contributed by atoms with Gasteiger partial charge >= 0.3 is 0 Å². The van der Waals surface area contributed by atoms with Gasteiger partial charge in [0.2, 0.25) is 11.8 Å². The van der Waals surface area contributed by atoms with Crippen molar-refractivity contribution in [1.29, 1.82) is 0 Å². The van der Waals surface area contributed by atoms with Gasteiger partial charge in [-0.1, -0.05) is 19.9 Å². The number of aromatic nitrogens is 3. The lowest BCUT2D eigenvalue weighted by Crippen LogP contribution is -2.43. The monoisotopic (exact) mass is 355 g/mol. The van der Waals surface area contributed by atoms with Crippen molar-refractivity contribution >= 4 is 11.8 Å². The largest absolute Gasteiger partial charge is 0.350 e. The third kappa shape index (κ3) is 4.47. The van der Waals surface area contributed by atoms with Crippen LogP contribution < -0.4 is 5.32 Å². The SMILES string of the molecule is CC(C)CC(=O)N1Cc2ccnn2C(CC(=O)NCc2ccccn2)C1. The number of fused-ring (bicyclic) bond motifs is 1. The molecule has 1 N–H and O–H groups in total. The summed E-state index contributed by atoms with van der Waals surface area (Å²) in [6.45, 7) is 5.53. The summed E-state index contributed by atoms with van der Waals surface area (Å²) in [4.78, 5) is 30.9. The quantitative estimate of drug-likeness (QED) is 0.858. The summed E-state index contributed by atoms with van der Waals surface area (Å²) in [6, 6.07) is 7.37. The van der Waals surface area contributed by atoms with Gasteiger partial charge in [-0.25, -0.2) is 0 Å². The number of pyridine rings is 1. The molecule has 7 nitrogen and oxygen atoms in total. The Morgan fingerprint density at radius 3 is 2.85 bits per heavy atom. The lowest BCUT2D eigenvalue weighted by molar-refractivity contribution is -0.135. The maximum absolute atomic E-state index is 12.5. The topological polar surface area (TPSA) is 80.1 Å². The number of hydrogen-bond acceptors (Lipinski definition) is 4. The van der Waals surface area contributed by atoms with Crippen molar-refractivity contribution in [1.82, 2.24) is 25.0 Å². The van der Waals surface area contributed by atoms with E-state index >= 15 is 0 Å². The molecule has 7 heteroatoms. The van der Waals surface area contributed by atoms with Gasteiger partial charge in [-0.05, 0) is 24.1 Å². The van der Waals surface area contributed by atoms with Crippen molar-refractivity contribution in [2.45, 2.75) is 45.8 Å². The molecule has 1 atom stereocenters. The van der Waals surface area contributed by atoms with Crippen LogP contribution in [0.15, 0.2) is 36.7 Å². The number of nitrogens with zero attached hydrogens (tertiary/aromatic N) is 4. The van der Waals surface area contributed by atoms with E-state index in [1.54, 1.807) is 12.4 Å². The van der Waals surface area contributed by atoms with Crippen LogP contribution in [0.1, 0.15) is 44.1 Å². The van der Waals surface area contributed by atoms with Crippen LogP contribution in [0.3, 0.4) is 0 Å². The van der Waals surface area contributed by atoms with Crippen LogP contribution in [0.4, 0.5) is 0 Å². The summed E-state index contributed by atoms with van der Waals surface area (Å²) in [6.07, 6.45) is 4.24. The van der Waals surface area contributed by atoms with Gasteiger partial charge in [0.15, 0.2) is 0 Å². The van der Waals surface area contributed by atoms with E-state index in [1.165, 1.54) is 0 Å². The van der Waals surface area contributed by atoms with Gasteiger partial charge in [0, 0.05) is 25.4 Å². The summed E-state index contributed by atoms with van der Waals surface area (Å²) < 4.78 is 1.87. The number of rotatable bonds is 6. The Morgan fingerprint density at radius 2 is 2.12 bits per heavy atom. The molecular formula is C19H25N5O2. The first-order chi connectivity index (χ1) is 12.5. The highest BCUT2D eigenvalue weighted by Crippen LogP contribution is 2.24.